The van der Waals surface area contributed by atoms with E-state index in [1.807, 2.05) is 34.6 Å². The molecule has 2 unspecified atom stereocenters. The molecule has 1 aromatic carbocycles. The minimum Gasteiger partial charge on any atom is -0.443 e. The molecule has 2 aliphatic heterocycles. The van der Waals surface area contributed by atoms with Gasteiger partial charge in [0.1, 0.15) is 6.10 Å². The molecule has 1 amide bonds. The summed E-state index contributed by atoms with van der Waals surface area (Å²) in [6.45, 7) is 9.46. The molecule has 286 valence electrons. The van der Waals surface area contributed by atoms with E-state index >= 15 is 0 Å². The topological polar surface area (TPSA) is 109 Å². The fraction of sp³-hybridized carbons (Fsp3) is 0.600. The summed E-state index contributed by atoms with van der Waals surface area (Å²) in [5, 5.41) is 14.5. The fourth-order valence-corrected chi connectivity index (χ4v) is 6.71. The van der Waals surface area contributed by atoms with Crippen molar-refractivity contribution in [1.29, 1.82) is 0 Å². The second-order valence-corrected chi connectivity index (χ2v) is 14.4. The number of hydrogen-bond acceptors (Lipinski definition) is 9. The summed E-state index contributed by atoms with van der Waals surface area (Å²) < 4.78 is 96.0. The van der Waals surface area contributed by atoms with Gasteiger partial charge in [0.05, 0.1) is 22.9 Å². The van der Waals surface area contributed by atoms with Crippen molar-refractivity contribution >= 4 is 12.0 Å². The Balaban J connectivity index is 1.41. The van der Waals surface area contributed by atoms with Gasteiger partial charge < -0.3 is 24.4 Å². The van der Waals surface area contributed by atoms with Crippen molar-refractivity contribution in [2.24, 2.45) is 7.05 Å². The molecule has 52 heavy (non-hydrogen) atoms. The second kappa shape index (κ2) is 15.2. The highest BCUT2D eigenvalue weighted by molar-refractivity contribution is 5.69. The second-order valence-electron chi connectivity index (χ2n) is 14.4. The van der Waals surface area contributed by atoms with Gasteiger partial charge in [-0.1, -0.05) is 13.8 Å². The highest BCUT2D eigenvalue weighted by atomic mass is 19.4. The molecule has 4 heterocycles. The molecule has 2 aliphatic rings. The van der Waals surface area contributed by atoms with E-state index in [9.17, 15) is 36.2 Å². The van der Waals surface area contributed by atoms with Crippen LogP contribution in [0.15, 0.2) is 43.0 Å². The molecular formula is C35H45F6N7O4. The summed E-state index contributed by atoms with van der Waals surface area (Å²) in [6.07, 6.45) is -4.04. The lowest BCUT2D eigenvalue weighted by Gasteiger charge is -2.48. The van der Waals surface area contributed by atoms with Gasteiger partial charge in [-0.2, -0.15) is 31.4 Å². The molecule has 1 N–H and O–H groups in total. The molecule has 0 radical (unpaired) electrons. The van der Waals surface area contributed by atoms with E-state index in [1.165, 1.54) is 12.4 Å². The molecule has 17 heteroatoms. The van der Waals surface area contributed by atoms with Crippen molar-refractivity contribution in [3.63, 3.8) is 0 Å². The number of aryl methyl sites for hydroxylation is 1. The van der Waals surface area contributed by atoms with E-state index in [0.29, 0.717) is 31.2 Å². The van der Waals surface area contributed by atoms with Crippen molar-refractivity contribution in [3.05, 3.63) is 59.7 Å². The van der Waals surface area contributed by atoms with Crippen LogP contribution in [0.5, 0.6) is 0 Å². The third kappa shape index (κ3) is 9.33. The lowest BCUT2D eigenvalue weighted by Crippen LogP contribution is -2.61. The number of nitrogens with zero attached hydrogens (tertiary/aromatic N) is 7. The number of alkyl halides is 6. The summed E-state index contributed by atoms with van der Waals surface area (Å²) in [4.78, 5) is 27.7. The van der Waals surface area contributed by atoms with Gasteiger partial charge >= 0.3 is 18.4 Å². The molecule has 11 nitrogen and oxygen atoms in total. The monoisotopic (exact) mass is 741 g/mol. The van der Waals surface area contributed by atoms with E-state index in [2.05, 4.69) is 15.1 Å². The van der Waals surface area contributed by atoms with Crippen LogP contribution in [0, 0.1) is 0 Å². The van der Waals surface area contributed by atoms with E-state index < -0.39 is 53.7 Å². The third-order valence-corrected chi connectivity index (χ3v) is 9.32. The first-order chi connectivity index (χ1) is 24.2. The summed E-state index contributed by atoms with van der Waals surface area (Å²) in [5.74, 6) is 0.120. The number of aromatic nitrogens is 4. The molecule has 2 saturated heterocycles. The van der Waals surface area contributed by atoms with E-state index in [4.69, 9.17) is 9.47 Å². The summed E-state index contributed by atoms with van der Waals surface area (Å²) in [7, 11) is 1.75. The number of hydrogen-bond donors (Lipinski definition) is 1. The van der Waals surface area contributed by atoms with Crippen LogP contribution in [0.25, 0.3) is 11.1 Å². The van der Waals surface area contributed by atoms with E-state index in [1.54, 1.807) is 38.8 Å². The molecule has 0 aliphatic carbocycles. The predicted octanol–water partition coefficient (Wildman–Crippen LogP) is 6.85. The van der Waals surface area contributed by atoms with Crippen LogP contribution in [-0.4, -0.2) is 90.1 Å². The van der Waals surface area contributed by atoms with E-state index in [0.717, 1.165) is 17.7 Å². The molecule has 5 rings (SSSR count). The van der Waals surface area contributed by atoms with Crippen molar-refractivity contribution in [3.8, 4) is 11.1 Å². The minimum atomic E-state index is -5.01. The average Bonchev–Trinajstić information content (AvgIpc) is 3.48. The first kappa shape index (κ1) is 39.3. The van der Waals surface area contributed by atoms with Gasteiger partial charge in [0.25, 0.3) is 0 Å². The van der Waals surface area contributed by atoms with Crippen molar-refractivity contribution in [1.82, 2.24) is 29.5 Å². The molecule has 4 atom stereocenters. The number of amides is 1. The SMILES string of the molecule is CC[C@@H]1CC(N(Cc2cc(C(F)(F)F)cc(C(F)(F)F)c2)c2ncc(-c3cnn(C)c3)cn2)C[C@H](CC)N1C(=O)OC1CN(C(O)OC(C)(C)C)C1. The van der Waals surface area contributed by atoms with Crippen molar-refractivity contribution < 1.29 is 45.7 Å². The Kier molecular flexibility index (Phi) is 11.5. The van der Waals surface area contributed by atoms with Crippen LogP contribution in [0.2, 0.25) is 0 Å². The Labute approximate surface area is 298 Å². The van der Waals surface area contributed by atoms with Crippen LogP contribution >= 0.6 is 0 Å². The molecule has 3 aromatic rings. The fourth-order valence-electron chi connectivity index (χ4n) is 6.71. The van der Waals surface area contributed by atoms with Gasteiger partial charge in [-0.05, 0) is 70.2 Å². The number of aliphatic hydroxyl groups is 1. The van der Waals surface area contributed by atoms with E-state index in [-0.39, 0.29) is 49.3 Å². The van der Waals surface area contributed by atoms with Crippen LogP contribution < -0.4 is 4.90 Å². The summed E-state index contributed by atoms with van der Waals surface area (Å²) in [6, 6.07) is 0.350. The minimum absolute atomic E-state index is 0.108. The maximum Gasteiger partial charge on any atom is 0.416 e. The quantitative estimate of drug-likeness (QED) is 0.176. The Morgan fingerprint density at radius 1 is 0.923 bits per heavy atom. The average molecular weight is 742 g/mol. The van der Waals surface area contributed by atoms with Crippen LogP contribution in [0.4, 0.5) is 37.1 Å². The maximum absolute atomic E-state index is 13.8. The lowest BCUT2D eigenvalue weighted by molar-refractivity contribution is -0.267. The first-order valence-corrected chi connectivity index (χ1v) is 17.2. The van der Waals surface area contributed by atoms with Gasteiger partial charge in [0.15, 0.2) is 0 Å². The zero-order valence-corrected chi connectivity index (χ0v) is 29.9. The number of aliphatic hydroxyl groups excluding tert-OH is 1. The number of carbonyl (C=O) groups is 1. The van der Waals surface area contributed by atoms with Crippen LogP contribution in [0.1, 0.15) is 77.0 Å². The Hall–Kier alpha value is -3.96. The van der Waals surface area contributed by atoms with Gasteiger partial charge in [0, 0.05) is 74.5 Å². The zero-order valence-electron chi connectivity index (χ0n) is 29.9. The highest BCUT2D eigenvalue weighted by Crippen LogP contribution is 2.38. The predicted molar refractivity (Wildman–Crippen MR) is 179 cm³/mol. The van der Waals surface area contributed by atoms with Gasteiger partial charge in [-0.3, -0.25) is 4.68 Å². The first-order valence-electron chi connectivity index (χ1n) is 17.2. The number of carbonyl (C=O) groups excluding carboxylic acids is 1. The van der Waals surface area contributed by atoms with Crippen LogP contribution in [0.3, 0.4) is 0 Å². The third-order valence-electron chi connectivity index (χ3n) is 9.32. The van der Waals surface area contributed by atoms with Crippen molar-refractivity contribution in [2.75, 3.05) is 18.0 Å². The Bertz CT molecular complexity index is 1630. The number of anilines is 1. The molecule has 0 bridgehead atoms. The normalized spacial score (nSPS) is 21.2. The van der Waals surface area contributed by atoms with Crippen molar-refractivity contribution in [2.45, 2.75) is 115 Å². The lowest BCUT2D eigenvalue weighted by atomic mass is 9.87. The number of ether oxygens (including phenoxy) is 2. The zero-order chi connectivity index (χ0) is 38.2. The maximum atomic E-state index is 13.8. The molecule has 0 saturated carbocycles. The number of likely N-dealkylation sites (tertiary alicyclic amines) is 2. The molecule has 2 fully saturated rings. The molecule has 2 aromatic heterocycles. The number of piperidine rings is 1. The van der Waals surface area contributed by atoms with Gasteiger partial charge in [-0.15, -0.1) is 0 Å². The molecular weight excluding hydrogens is 696 g/mol. The van der Waals surface area contributed by atoms with Gasteiger partial charge in [-0.25, -0.2) is 19.7 Å². The standard InChI is InChI=1S/C35H45F6N7O4/c1-7-26-12-28(13-27(8-2)48(26)32(50)51-29-19-46(20-29)31(49)52-33(3,4)5)47(30-42-14-22(15-43-30)23-16-44-45(6)18-23)17-21-9-24(34(36,37)38)11-25(10-21)35(39,40)41/h9-11,14-16,18,26-29,31,49H,7-8,12-13,17,19-20H2,1-6H3/t26-,27+,28?,31?. The van der Waals surface area contributed by atoms with Crippen LogP contribution in [-0.2, 0) is 35.4 Å². The summed E-state index contributed by atoms with van der Waals surface area (Å²) >= 11 is 0. The van der Waals surface area contributed by atoms with Gasteiger partial charge in [0.2, 0.25) is 12.4 Å². The highest BCUT2D eigenvalue weighted by Gasteiger charge is 2.44. The number of benzene rings is 1. The molecule has 0 spiro atoms. The Morgan fingerprint density at radius 3 is 1.94 bits per heavy atom. The summed E-state index contributed by atoms with van der Waals surface area (Å²) in [5.41, 5.74) is -2.26. The smallest absolute Gasteiger partial charge is 0.416 e. The number of halogens is 6. The number of rotatable bonds is 10. The largest absolute Gasteiger partial charge is 0.443 e. The Morgan fingerprint density at radius 2 is 1.48 bits per heavy atom.